The largest absolute Gasteiger partial charge is 0.477 e. The van der Waals surface area contributed by atoms with Gasteiger partial charge < -0.3 is 15.1 Å². The van der Waals surface area contributed by atoms with Crippen molar-refractivity contribution in [2.75, 3.05) is 6.54 Å². The van der Waals surface area contributed by atoms with E-state index in [0.29, 0.717) is 17.8 Å². The molecule has 1 saturated heterocycles. The van der Waals surface area contributed by atoms with E-state index >= 15 is 0 Å². The molecule has 2 heterocycles. The molecular formula is C28H37NO4S. The third kappa shape index (κ3) is 8.10. The van der Waals surface area contributed by atoms with Crippen LogP contribution in [0.15, 0.2) is 48.5 Å². The van der Waals surface area contributed by atoms with Crippen molar-refractivity contribution in [1.29, 1.82) is 0 Å². The summed E-state index contributed by atoms with van der Waals surface area (Å²) < 4.78 is 0. The van der Waals surface area contributed by atoms with Crippen molar-refractivity contribution in [3.63, 3.8) is 0 Å². The van der Waals surface area contributed by atoms with Gasteiger partial charge >= 0.3 is 5.97 Å². The van der Waals surface area contributed by atoms with Gasteiger partial charge in [-0.05, 0) is 68.2 Å². The van der Waals surface area contributed by atoms with E-state index in [0.717, 1.165) is 43.4 Å². The highest BCUT2D eigenvalue weighted by molar-refractivity contribution is 7.14. The summed E-state index contributed by atoms with van der Waals surface area (Å²) in [4.78, 5) is 26.5. The number of likely N-dealkylation sites (tertiary alicyclic amines) is 1. The normalized spacial score (nSPS) is 18.0. The van der Waals surface area contributed by atoms with Crippen LogP contribution >= 0.6 is 11.3 Å². The van der Waals surface area contributed by atoms with Gasteiger partial charge in [-0.1, -0.05) is 56.2 Å². The number of benzene rings is 1. The zero-order valence-corrected chi connectivity index (χ0v) is 20.9. The van der Waals surface area contributed by atoms with Crippen molar-refractivity contribution < 1.29 is 19.8 Å². The number of carboxylic acid groups (broad SMARTS) is 1. The first-order valence-corrected chi connectivity index (χ1v) is 13.3. The highest BCUT2D eigenvalue weighted by Crippen LogP contribution is 2.26. The van der Waals surface area contributed by atoms with Gasteiger partial charge in [0.15, 0.2) is 0 Å². The number of hydrogen-bond donors (Lipinski definition) is 2. The number of carbonyl (C=O) groups excluding carboxylic acids is 1. The smallest absolute Gasteiger partial charge is 0.345 e. The summed E-state index contributed by atoms with van der Waals surface area (Å²) in [5.41, 5.74) is 1.39. The van der Waals surface area contributed by atoms with E-state index in [1.807, 2.05) is 23.1 Å². The second-order valence-electron chi connectivity index (χ2n) is 9.36. The summed E-state index contributed by atoms with van der Waals surface area (Å²) in [5, 5.41) is 19.7. The van der Waals surface area contributed by atoms with Gasteiger partial charge in [0.1, 0.15) is 4.88 Å². The van der Waals surface area contributed by atoms with Gasteiger partial charge in [0.25, 0.3) is 0 Å². The molecule has 1 aliphatic rings. The molecule has 1 aromatic carbocycles. The molecule has 0 bridgehead atoms. The molecule has 184 valence electrons. The number of aliphatic hydroxyl groups excluding tert-OH is 1. The first kappa shape index (κ1) is 26.2. The van der Waals surface area contributed by atoms with Crippen molar-refractivity contribution in [1.82, 2.24) is 4.90 Å². The predicted molar refractivity (Wildman–Crippen MR) is 138 cm³/mol. The van der Waals surface area contributed by atoms with Gasteiger partial charge in [0, 0.05) is 23.9 Å². The number of rotatable bonds is 14. The van der Waals surface area contributed by atoms with Crippen LogP contribution in [0.25, 0.3) is 6.08 Å². The van der Waals surface area contributed by atoms with Gasteiger partial charge in [-0.25, -0.2) is 4.79 Å². The molecule has 3 atom stereocenters. The second-order valence-corrected chi connectivity index (χ2v) is 10.5. The highest BCUT2D eigenvalue weighted by Gasteiger charge is 2.30. The molecule has 1 fully saturated rings. The molecule has 1 aliphatic heterocycles. The summed E-state index contributed by atoms with van der Waals surface area (Å²) in [6, 6.07) is 14.1. The number of hydrogen-bond acceptors (Lipinski definition) is 4. The van der Waals surface area contributed by atoms with E-state index in [9.17, 15) is 14.7 Å². The fraction of sp³-hybridized carbons (Fsp3) is 0.500. The van der Waals surface area contributed by atoms with Crippen molar-refractivity contribution in [3.8, 4) is 0 Å². The van der Waals surface area contributed by atoms with E-state index in [1.54, 1.807) is 12.1 Å². The minimum atomic E-state index is -0.917. The third-order valence-electron chi connectivity index (χ3n) is 6.79. The number of nitrogens with zero attached hydrogens (tertiary/aromatic N) is 1. The van der Waals surface area contributed by atoms with Crippen molar-refractivity contribution in [3.05, 3.63) is 63.9 Å². The molecule has 2 N–H and O–H groups in total. The van der Waals surface area contributed by atoms with Crippen molar-refractivity contribution in [2.24, 2.45) is 5.92 Å². The average molecular weight is 484 g/mol. The minimum Gasteiger partial charge on any atom is -0.477 e. The zero-order chi connectivity index (χ0) is 24.3. The maximum absolute atomic E-state index is 12.4. The Morgan fingerprint density at radius 2 is 1.94 bits per heavy atom. The van der Waals surface area contributed by atoms with Crippen LogP contribution in [-0.2, 0) is 11.2 Å². The molecule has 0 aliphatic carbocycles. The summed E-state index contributed by atoms with van der Waals surface area (Å²) >= 11 is 1.23. The Balaban J connectivity index is 1.35. The predicted octanol–water partition coefficient (Wildman–Crippen LogP) is 6.03. The molecule has 5 nitrogen and oxygen atoms in total. The molecule has 1 amide bonds. The van der Waals surface area contributed by atoms with Crippen LogP contribution < -0.4 is 0 Å². The minimum absolute atomic E-state index is 0.160. The van der Waals surface area contributed by atoms with Gasteiger partial charge in [-0.3, -0.25) is 4.79 Å². The highest BCUT2D eigenvalue weighted by atomic mass is 32.1. The first-order chi connectivity index (χ1) is 16.4. The number of unbranched alkanes of at least 4 members (excludes halogenated alkanes) is 2. The lowest BCUT2D eigenvalue weighted by Gasteiger charge is -2.26. The standard InChI is InChI=1S/C28H37NO4S/c1-21(9-4-2-5-10-22-11-6-3-7-12-22)25(30)17-14-23-15-19-27(31)29(23)20-8-13-24-16-18-26(34-24)28(32)33/h3,6-8,11-13,16,18,21,23,25,30H,2,4-5,9-10,14-15,17,19-20H2,1H3,(H,32,33)/t21-,23?,25+/m0/s1. The molecule has 0 radical (unpaired) electrons. The van der Waals surface area contributed by atoms with Crippen LogP contribution in [0.2, 0.25) is 0 Å². The summed E-state index contributed by atoms with van der Waals surface area (Å²) in [5.74, 6) is -0.489. The summed E-state index contributed by atoms with van der Waals surface area (Å²) in [7, 11) is 0. The third-order valence-corrected chi connectivity index (χ3v) is 7.83. The number of thiophene rings is 1. The molecule has 0 spiro atoms. The van der Waals surface area contributed by atoms with Crippen LogP contribution in [0.3, 0.4) is 0 Å². The number of carboxylic acids is 1. The summed E-state index contributed by atoms with van der Waals surface area (Å²) in [6.45, 7) is 2.66. The number of aryl methyl sites for hydroxylation is 1. The molecule has 2 aromatic rings. The monoisotopic (exact) mass is 483 g/mol. The van der Waals surface area contributed by atoms with E-state index in [4.69, 9.17) is 5.11 Å². The zero-order valence-electron chi connectivity index (χ0n) is 20.1. The molecule has 1 unspecified atom stereocenters. The molecule has 34 heavy (non-hydrogen) atoms. The first-order valence-electron chi connectivity index (χ1n) is 12.4. The van der Waals surface area contributed by atoms with E-state index in [-0.39, 0.29) is 24.0 Å². The number of carbonyl (C=O) groups is 2. The maximum atomic E-state index is 12.4. The molecule has 1 aromatic heterocycles. The Bertz CT molecular complexity index is 939. The summed E-state index contributed by atoms with van der Waals surface area (Å²) in [6.07, 6.45) is 12.1. The van der Waals surface area contributed by atoms with Crippen molar-refractivity contribution >= 4 is 29.3 Å². The fourth-order valence-corrected chi connectivity index (χ4v) is 5.42. The SMILES string of the molecule is C[C@@H](CCCCCc1ccccc1)[C@H](O)CCC1CCC(=O)N1CC=Cc1ccc(C(=O)O)s1. The Kier molecular flexibility index (Phi) is 10.4. The Hall–Kier alpha value is -2.44. The second kappa shape index (κ2) is 13.4. The average Bonchev–Trinajstić information content (AvgIpc) is 3.45. The molecule has 0 saturated carbocycles. The van der Waals surface area contributed by atoms with Crippen LogP contribution in [0.5, 0.6) is 0 Å². The Labute approximate surface area is 207 Å². The fourth-order valence-electron chi connectivity index (χ4n) is 4.64. The van der Waals surface area contributed by atoms with Gasteiger partial charge in [0.2, 0.25) is 5.91 Å². The van der Waals surface area contributed by atoms with Crippen LogP contribution in [-0.4, -0.2) is 45.7 Å². The van der Waals surface area contributed by atoms with E-state index < -0.39 is 5.97 Å². The van der Waals surface area contributed by atoms with Crippen LogP contribution in [0.4, 0.5) is 0 Å². The maximum Gasteiger partial charge on any atom is 0.345 e. The Morgan fingerprint density at radius 1 is 1.15 bits per heavy atom. The molecule has 3 rings (SSSR count). The lowest BCUT2D eigenvalue weighted by molar-refractivity contribution is -0.128. The number of amides is 1. The Morgan fingerprint density at radius 3 is 2.68 bits per heavy atom. The lowest BCUT2D eigenvalue weighted by Crippen LogP contribution is -2.34. The van der Waals surface area contributed by atoms with Crippen LogP contribution in [0.1, 0.15) is 78.4 Å². The molecule has 6 heteroatoms. The molecular weight excluding hydrogens is 446 g/mol. The van der Waals surface area contributed by atoms with Crippen LogP contribution in [0, 0.1) is 5.92 Å². The lowest BCUT2D eigenvalue weighted by atomic mass is 9.92. The quantitative estimate of drug-likeness (QED) is 0.322. The van der Waals surface area contributed by atoms with E-state index in [1.165, 1.54) is 29.7 Å². The van der Waals surface area contributed by atoms with E-state index in [2.05, 4.69) is 31.2 Å². The number of aliphatic hydroxyl groups is 1. The topological polar surface area (TPSA) is 77.8 Å². The van der Waals surface area contributed by atoms with Gasteiger partial charge in [-0.15, -0.1) is 11.3 Å². The number of aromatic carboxylic acids is 1. The van der Waals surface area contributed by atoms with Crippen molar-refractivity contribution in [2.45, 2.75) is 76.9 Å². The van der Waals surface area contributed by atoms with Gasteiger partial charge in [0.05, 0.1) is 6.10 Å². The van der Waals surface area contributed by atoms with Gasteiger partial charge in [-0.2, -0.15) is 0 Å².